The van der Waals surface area contributed by atoms with Crippen molar-refractivity contribution < 1.29 is 9.18 Å². The molecule has 1 aliphatic rings. The molecule has 2 N–H and O–H groups in total. The topological polar surface area (TPSA) is 49.6 Å². The van der Waals surface area contributed by atoms with Crippen LogP contribution in [0.15, 0.2) is 18.2 Å². The van der Waals surface area contributed by atoms with Gasteiger partial charge in [-0.1, -0.05) is 30.5 Å². The third-order valence-electron chi connectivity index (χ3n) is 4.51. The largest absolute Gasteiger partial charge is 0.340 e. The Morgan fingerprint density at radius 1 is 1.12 bits per heavy atom. The van der Waals surface area contributed by atoms with Gasteiger partial charge in [0, 0.05) is 49.7 Å². The number of rotatable bonds is 8. The molecule has 1 aromatic rings. The highest BCUT2D eigenvalue weighted by Gasteiger charge is 2.22. The molecule has 1 amide bonds. The van der Waals surface area contributed by atoms with Gasteiger partial charge in [-0.05, 0) is 31.5 Å². The number of nitrogens with zero attached hydrogens (tertiary/aromatic N) is 2. The van der Waals surface area contributed by atoms with Crippen LogP contribution in [0.5, 0.6) is 0 Å². The number of benzene rings is 1. The molecule has 0 radical (unpaired) electrons. The Balaban J connectivity index is 1.72. The molecule has 0 aliphatic carbocycles. The van der Waals surface area contributed by atoms with Gasteiger partial charge in [-0.15, -0.1) is 0 Å². The Morgan fingerprint density at radius 2 is 1.83 bits per heavy atom. The Bertz CT molecular complexity index is 513. The van der Waals surface area contributed by atoms with Crippen LogP contribution < -0.4 is 5.73 Å². The lowest BCUT2D eigenvalue weighted by molar-refractivity contribution is -0.133. The average Bonchev–Trinajstić information content (AvgIpc) is 2.58. The van der Waals surface area contributed by atoms with Gasteiger partial charge in [-0.2, -0.15) is 0 Å². The van der Waals surface area contributed by atoms with E-state index in [1.807, 2.05) is 4.90 Å². The van der Waals surface area contributed by atoms with Crippen LogP contribution in [0.2, 0.25) is 5.02 Å². The van der Waals surface area contributed by atoms with E-state index in [2.05, 4.69) is 4.90 Å². The minimum atomic E-state index is -0.265. The first-order valence-corrected chi connectivity index (χ1v) is 9.12. The Labute approximate surface area is 148 Å². The quantitative estimate of drug-likeness (QED) is 0.729. The van der Waals surface area contributed by atoms with Crippen molar-refractivity contribution in [2.45, 2.75) is 38.6 Å². The van der Waals surface area contributed by atoms with Crippen LogP contribution in [0.1, 0.15) is 37.7 Å². The number of carbonyl (C=O) groups excluding carboxylic acids is 1. The van der Waals surface area contributed by atoms with Gasteiger partial charge in [0.1, 0.15) is 5.82 Å². The third-order valence-corrected chi connectivity index (χ3v) is 4.87. The molecule has 134 valence electrons. The maximum atomic E-state index is 13.9. The van der Waals surface area contributed by atoms with E-state index in [1.54, 1.807) is 12.1 Å². The zero-order valence-electron chi connectivity index (χ0n) is 14.1. The van der Waals surface area contributed by atoms with Crippen LogP contribution in [0.4, 0.5) is 4.39 Å². The first kappa shape index (κ1) is 19.2. The molecule has 6 heteroatoms. The molecule has 24 heavy (non-hydrogen) atoms. The standard InChI is InChI=1S/C18H27ClFN3O/c19-16-6-5-7-17(20)15(16)14-22-10-12-23(13-11-22)18(24)8-3-1-2-4-9-21/h5-7H,1-4,8-14,21H2. The van der Waals surface area contributed by atoms with E-state index in [-0.39, 0.29) is 11.7 Å². The van der Waals surface area contributed by atoms with Crippen LogP contribution in [0, 0.1) is 5.82 Å². The minimum absolute atomic E-state index is 0.228. The van der Waals surface area contributed by atoms with Crippen molar-refractivity contribution in [2.75, 3.05) is 32.7 Å². The third kappa shape index (κ3) is 5.72. The van der Waals surface area contributed by atoms with Gasteiger partial charge in [0.25, 0.3) is 0 Å². The molecule has 1 aliphatic heterocycles. The van der Waals surface area contributed by atoms with Crippen molar-refractivity contribution in [3.05, 3.63) is 34.6 Å². The summed E-state index contributed by atoms with van der Waals surface area (Å²) in [4.78, 5) is 16.3. The fourth-order valence-corrected chi connectivity index (χ4v) is 3.22. The van der Waals surface area contributed by atoms with Gasteiger partial charge in [0.05, 0.1) is 0 Å². The minimum Gasteiger partial charge on any atom is -0.340 e. The number of piperazine rings is 1. The molecule has 4 nitrogen and oxygen atoms in total. The van der Waals surface area contributed by atoms with Crippen molar-refractivity contribution in [3.8, 4) is 0 Å². The first-order valence-electron chi connectivity index (χ1n) is 8.75. The van der Waals surface area contributed by atoms with E-state index in [4.69, 9.17) is 17.3 Å². The van der Waals surface area contributed by atoms with E-state index in [0.717, 1.165) is 45.3 Å². The second-order valence-electron chi connectivity index (χ2n) is 6.31. The molecule has 1 aromatic carbocycles. The molecule has 0 saturated carbocycles. The second kappa shape index (κ2) is 9.97. The summed E-state index contributed by atoms with van der Waals surface area (Å²) in [6.07, 6.45) is 4.74. The Morgan fingerprint density at radius 3 is 2.50 bits per heavy atom. The predicted molar refractivity (Wildman–Crippen MR) is 95.4 cm³/mol. The van der Waals surface area contributed by atoms with Crippen LogP contribution in [-0.2, 0) is 11.3 Å². The molecule has 1 fully saturated rings. The lowest BCUT2D eigenvalue weighted by Crippen LogP contribution is -2.48. The summed E-state index contributed by atoms with van der Waals surface area (Å²) < 4.78 is 13.9. The summed E-state index contributed by atoms with van der Waals surface area (Å²) in [7, 11) is 0. The Kier molecular flexibility index (Phi) is 7.95. The maximum absolute atomic E-state index is 13.9. The highest BCUT2D eigenvalue weighted by atomic mass is 35.5. The van der Waals surface area contributed by atoms with Crippen molar-refractivity contribution in [3.63, 3.8) is 0 Å². The summed E-state index contributed by atoms with van der Waals surface area (Å²) in [6.45, 7) is 4.13. The van der Waals surface area contributed by atoms with Crippen LogP contribution in [0.3, 0.4) is 0 Å². The van der Waals surface area contributed by atoms with Crippen molar-refractivity contribution in [1.29, 1.82) is 0 Å². The fourth-order valence-electron chi connectivity index (χ4n) is 2.99. The van der Waals surface area contributed by atoms with Gasteiger partial charge >= 0.3 is 0 Å². The summed E-state index contributed by atoms with van der Waals surface area (Å²) in [5, 5.41) is 0.464. The molecule has 0 unspecified atom stereocenters. The highest BCUT2D eigenvalue weighted by Crippen LogP contribution is 2.21. The average molecular weight is 356 g/mol. The van der Waals surface area contributed by atoms with Gasteiger partial charge < -0.3 is 10.6 Å². The maximum Gasteiger partial charge on any atom is 0.222 e. The number of nitrogens with two attached hydrogens (primary N) is 1. The van der Waals surface area contributed by atoms with Crippen molar-refractivity contribution in [2.24, 2.45) is 5.73 Å². The van der Waals surface area contributed by atoms with Crippen LogP contribution in [-0.4, -0.2) is 48.4 Å². The zero-order chi connectivity index (χ0) is 17.4. The molecule has 0 spiro atoms. The zero-order valence-corrected chi connectivity index (χ0v) is 14.9. The number of hydrogen-bond donors (Lipinski definition) is 1. The molecule has 1 saturated heterocycles. The summed E-state index contributed by atoms with van der Waals surface area (Å²) in [6, 6.07) is 4.77. The number of carbonyl (C=O) groups is 1. The highest BCUT2D eigenvalue weighted by molar-refractivity contribution is 6.31. The number of unbranched alkanes of at least 4 members (excludes halogenated alkanes) is 3. The molecule has 1 heterocycles. The van der Waals surface area contributed by atoms with E-state index < -0.39 is 0 Å². The van der Waals surface area contributed by atoms with Crippen molar-refractivity contribution in [1.82, 2.24) is 9.80 Å². The van der Waals surface area contributed by atoms with E-state index in [1.165, 1.54) is 6.07 Å². The van der Waals surface area contributed by atoms with Gasteiger partial charge in [-0.3, -0.25) is 9.69 Å². The first-order chi connectivity index (χ1) is 11.6. The lowest BCUT2D eigenvalue weighted by Gasteiger charge is -2.35. The number of hydrogen-bond acceptors (Lipinski definition) is 3. The molecular formula is C18H27ClFN3O. The SMILES string of the molecule is NCCCCCCC(=O)N1CCN(Cc2c(F)cccc2Cl)CC1. The van der Waals surface area contributed by atoms with Gasteiger partial charge in [0.2, 0.25) is 5.91 Å². The molecule has 0 atom stereocenters. The van der Waals surface area contributed by atoms with E-state index >= 15 is 0 Å². The number of halogens is 2. The summed E-state index contributed by atoms with van der Waals surface area (Å²) in [5.74, 6) is -0.0372. The molecule has 0 bridgehead atoms. The van der Waals surface area contributed by atoms with Crippen LogP contribution in [0.25, 0.3) is 0 Å². The van der Waals surface area contributed by atoms with Gasteiger partial charge in [-0.25, -0.2) is 4.39 Å². The summed E-state index contributed by atoms with van der Waals surface area (Å²) in [5.41, 5.74) is 6.00. The predicted octanol–water partition coefficient (Wildman–Crippen LogP) is 3.03. The Hall–Kier alpha value is -1.17. The molecular weight excluding hydrogens is 329 g/mol. The van der Waals surface area contributed by atoms with Gasteiger partial charge in [0.15, 0.2) is 0 Å². The smallest absolute Gasteiger partial charge is 0.222 e. The molecule has 2 rings (SSSR count). The normalized spacial score (nSPS) is 15.7. The summed E-state index contributed by atoms with van der Waals surface area (Å²) >= 11 is 6.08. The van der Waals surface area contributed by atoms with E-state index in [9.17, 15) is 9.18 Å². The fraction of sp³-hybridized carbons (Fsp3) is 0.611. The lowest BCUT2D eigenvalue weighted by atomic mass is 10.1. The molecule has 0 aromatic heterocycles. The second-order valence-corrected chi connectivity index (χ2v) is 6.72. The number of amides is 1. The van der Waals surface area contributed by atoms with Crippen LogP contribution >= 0.6 is 11.6 Å². The van der Waals surface area contributed by atoms with E-state index in [0.29, 0.717) is 36.6 Å². The monoisotopic (exact) mass is 355 g/mol. The van der Waals surface area contributed by atoms with Crippen molar-refractivity contribution >= 4 is 17.5 Å².